The number of thiophene rings is 1. The van der Waals surface area contributed by atoms with E-state index in [-0.39, 0.29) is 11.8 Å². The van der Waals surface area contributed by atoms with Crippen molar-refractivity contribution in [3.05, 3.63) is 16.8 Å². The van der Waals surface area contributed by atoms with E-state index in [0.717, 1.165) is 48.1 Å². The fraction of sp³-hybridized carbons (Fsp3) is 0.632. The van der Waals surface area contributed by atoms with E-state index in [4.69, 9.17) is 5.73 Å². The summed E-state index contributed by atoms with van der Waals surface area (Å²) in [6.07, 6.45) is 8.88. The van der Waals surface area contributed by atoms with E-state index in [9.17, 15) is 4.79 Å². The van der Waals surface area contributed by atoms with Crippen LogP contribution in [0.25, 0.3) is 10.2 Å². The van der Waals surface area contributed by atoms with Crippen LogP contribution in [0.1, 0.15) is 42.5 Å². The van der Waals surface area contributed by atoms with Crippen molar-refractivity contribution in [2.45, 2.75) is 57.0 Å². The number of fused-ring (bicyclic) bond motifs is 3. The smallest absolute Gasteiger partial charge is 0.220 e. The van der Waals surface area contributed by atoms with Crippen LogP contribution >= 0.6 is 11.3 Å². The second-order valence-corrected chi connectivity index (χ2v) is 8.95. The van der Waals surface area contributed by atoms with Crippen LogP contribution in [0.2, 0.25) is 0 Å². The van der Waals surface area contributed by atoms with Gasteiger partial charge in [-0.1, -0.05) is 0 Å². The maximum absolute atomic E-state index is 11.7. The molecule has 3 N–H and O–H groups in total. The topological polar surface area (TPSA) is 84.1 Å². The zero-order valence-corrected chi connectivity index (χ0v) is 16.3. The molecule has 0 bridgehead atoms. The van der Waals surface area contributed by atoms with Crippen molar-refractivity contribution < 1.29 is 4.79 Å². The number of hydrogen-bond donors (Lipinski definition) is 2. The largest absolute Gasteiger partial charge is 0.369 e. The normalized spacial score (nSPS) is 26.0. The number of carbonyl (C=O) groups is 1. The standard InChI is InChI=1S/C19H27N5OS/c1-24(2)13-6-4-12(5-7-13)23-18-16-14-9-11(17(20)25)3-8-15(14)26-19(16)22-10-21-18/h10-13H,3-9H2,1-2H3,(H2,20,25)(H,21,22,23)/t11-,12?,13?/m0/s1. The molecule has 0 unspecified atom stereocenters. The summed E-state index contributed by atoms with van der Waals surface area (Å²) in [6.45, 7) is 0. The molecule has 1 saturated carbocycles. The molecular formula is C19H27N5OS. The molecule has 6 nitrogen and oxygen atoms in total. The van der Waals surface area contributed by atoms with Crippen molar-refractivity contribution >= 4 is 33.3 Å². The predicted molar refractivity (Wildman–Crippen MR) is 105 cm³/mol. The van der Waals surface area contributed by atoms with E-state index in [0.29, 0.717) is 12.1 Å². The summed E-state index contributed by atoms with van der Waals surface area (Å²) >= 11 is 1.74. The Morgan fingerprint density at radius 1 is 1.23 bits per heavy atom. The number of nitrogens with zero attached hydrogens (tertiary/aromatic N) is 3. The fourth-order valence-electron chi connectivity index (χ4n) is 4.39. The minimum Gasteiger partial charge on any atom is -0.369 e. The molecule has 1 fully saturated rings. The number of amides is 1. The SMILES string of the molecule is CN(C)C1CCC(Nc2ncnc3sc4c(c23)C[C@@H](C(N)=O)CC4)CC1. The second-order valence-electron chi connectivity index (χ2n) is 7.86. The number of hydrogen-bond acceptors (Lipinski definition) is 6. The van der Waals surface area contributed by atoms with E-state index in [2.05, 4.69) is 34.3 Å². The summed E-state index contributed by atoms with van der Waals surface area (Å²) in [7, 11) is 4.33. The van der Waals surface area contributed by atoms with Crippen molar-refractivity contribution in [3.8, 4) is 0 Å². The van der Waals surface area contributed by atoms with Crippen LogP contribution < -0.4 is 11.1 Å². The van der Waals surface area contributed by atoms with Gasteiger partial charge in [0.2, 0.25) is 5.91 Å². The van der Waals surface area contributed by atoms with Crippen LogP contribution in [0.3, 0.4) is 0 Å². The van der Waals surface area contributed by atoms with E-state index >= 15 is 0 Å². The molecule has 2 aromatic rings. The highest BCUT2D eigenvalue weighted by Crippen LogP contribution is 2.40. The molecule has 2 aliphatic carbocycles. The first kappa shape index (κ1) is 17.7. The molecule has 2 heterocycles. The lowest BCUT2D eigenvalue weighted by Crippen LogP contribution is -2.36. The molecule has 0 aliphatic heterocycles. The average molecular weight is 374 g/mol. The van der Waals surface area contributed by atoms with E-state index in [1.54, 1.807) is 17.7 Å². The fourth-order valence-corrected chi connectivity index (χ4v) is 5.57. The Morgan fingerprint density at radius 2 is 2.00 bits per heavy atom. The van der Waals surface area contributed by atoms with Gasteiger partial charge in [-0.15, -0.1) is 11.3 Å². The molecule has 140 valence electrons. The van der Waals surface area contributed by atoms with Crippen LogP contribution in [0, 0.1) is 5.92 Å². The van der Waals surface area contributed by atoms with E-state index in [1.807, 2.05) is 0 Å². The van der Waals surface area contributed by atoms with Crippen molar-refractivity contribution in [2.75, 3.05) is 19.4 Å². The minimum atomic E-state index is -0.191. The molecule has 7 heteroatoms. The molecule has 1 atom stereocenters. The Hall–Kier alpha value is -1.73. The third kappa shape index (κ3) is 3.30. The van der Waals surface area contributed by atoms with Crippen LogP contribution in [-0.2, 0) is 17.6 Å². The highest BCUT2D eigenvalue weighted by molar-refractivity contribution is 7.19. The Labute approximate surface area is 158 Å². The lowest BCUT2D eigenvalue weighted by Gasteiger charge is -2.33. The molecule has 26 heavy (non-hydrogen) atoms. The van der Waals surface area contributed by atoms with Gasteiger partial charge in [0.15, 0.2) is 0 Å². The van der Waals surface area contributed by atoms with Crippen molar-refractivity contribution in [1.82, 2.24) is 14.9 Å². The Morgan fingerprint density at radius 3 is 2.69 bits per heavy atom. The average Bonchev–Trinajstić information content (AvgIpc) is 3.00. The lowest BCUT2D eigenvalue weighted by atomic mass is 9.86. The van der Waals surface area contributed by atoms with Crippen LogP contribution in [0.4, 0.5) is 5.82 Å². The number of anilines is 1. The van der Waals surface area contributed by atoms with Gasteiger partial charge in [-0.05, 0) is 64.6 Å². The maximum Gasteiger partial charge on any atom is 0.220 e. The van der Waals surface area contributed by atoms with Crippen molar-refractivity contribution in [2.24, 2.45) is 11.7 Å². The summed E-state index contributed by atoms with van der Waals surface area (Å²) in [6, 6.07) is 1.14. The predicted octanol–water partition coefficient (Wildman–Crippen LogP) is 2.57. The van der Waals surface area contributed by atoms with Gasteiger partial charge in [0, 0.05) is 22.9 Å². The maximum atomic E-state index is 11.7. The zero-order chi connectivity index (χ0) is 18.3. The van der Waals surface area contributed by atoms with Gasteiger partial charge >= 0.3 is 0 Å². The highest BCUT2D eigenvalue weighted by atomic mass is 32.1. The summed E-state index contributed by atoms with van der Waals surface area (Å²) in [5.41, 5.74) is 6.82. The van der Waals surface area contributed by atoms with Crippen molar-refractivity contribution in [3.63, 3.8) is 0 Å². The van der Waals surface area contributed by atoms with Gasteiger partial charge in [0.1, 0.15) is 17.0 Å². The molecule has 0 aromatic carbocycles. The molecule has 0 radical (unpaired) electrons. The molecule has 0 spiro atoms. The third-order valence-corrected chi connectivity index (χ3v) is 7.21. The second kappa shape index (κ2) is 7.12. The van der Waals surface area contributed by atoms with Gasteiger partial charge in [-0.3, -0.25) is 4.79 Å². The number of nitrogens with two attached hydrogens (primary N) is 1. The Balaban J connectivity index is 1.58. The molecule has 1 amide bonds. The number of aryl methyl sites for hydroxylation is 1. The van der Waals surface area contributed by atoms with E-state index in [1.165, 1.54) is 23.3 Å². The first-order valence-electron chi connectivity index (χ1n) is 9.50. The van der Waals surface area contributed by atoms with E-state index < -0.39 is 0 Å². The summed E-state index contributed by atoms with van der Waals surface area (Å²) in [4.78, 5) is 25.4. The summed E-state index contributed by atoms with van der Waals surface area (Å²) in [5, 5.41) is 4.80. The molecular weight excluding hydrogens is 346 g/mol. The van der Waals surface area contributed by atoms with Crippen LogP contribution in [0.15, 0.2) is 6.33 Å². The zero-order valence-electron chi connectivity index (χ0n) is 15.5. The molecule has 2 aromatic heterocycles. The lowest BCUT2D eigenvalue weighted by molar-refractivity contribution is -0.122. The number of rotatable bonds is 4. The third-order valence-electron chi connectivity index (χ3n) is 6.01. The number of aromatic nitrogens is 2. The summed E-state index contributed by atoms with van der Waals surface area (Å²) < 4.78 is 0. The van der Waals surface area contributed by atoms with Crippen LogP contribution in [0.5, 0.6) is 0 Å². The number of carbonyl (C=O) groups excluding carboxylic acids is 1. The minimum absolute atomic E-state index is 0.0658. The van der Waals surface area contributed by atoms with Gasteiger partial charge in [-0.2, -0.15) is 0 Å². The highest BCUT2D eigenvalue weighted by Gasteiger charge is 2.29. The first-order chi connectivity index (χ1) is 12.5. The van der Waals surface area contributed by atoms with Gasteiger partial charge in [0.25, 0.3) is 0 Å². The van der Waals surface area contributed by atoms with Crippen molar-refractivity contribution in [1.29, 1.82) is 0 Å². The number of primary amides is 1. The molecule has 4 rings (SSSR count). The monoisotopic (exact) mass is 373 g/mol. The Kier molecular flexibility index (Phi) is 4.84. The first-order valence-corrected chi connectivity index (χ1v) is 10.3. The molecule has 0 saturated heterocycles. The van der Waals surface area contributed by atoms with Crippen LogP contribution in [-0.4, -0.2) is 47.0 Å². The quantitative estimate of drug-likeness (QED) is 0.860. The van der Waals surface area contributed by atoms with Gasteiger partial charge in [0.05, 0.1) is 5.39 Å². The summed E-state index contributed by atoms with van der Waals surface area (Å²) in [5.74, 6) is 0.679. The number of nitrogens with one attached hydrogen (secondary N) is 1. The van der Waals surface area contributed by atoms with Gasteiger partial charge < -0.3 is 16.0 Å². The Bertz CT molecular complexity index is 810. The van der Waals surface area contributed by atoms with Gasteiger partial charge in [-0.25, -0.2) is 9.97 Å². The molecule has 2 aliphatic rings.